The fraction of sp³-hybridized carbons (Fsp3) is 0.500. The summed E-state index contributed by atoms with van der Waals surface area (Å²) in [6, 6.07) is -3.23. The quantitative estimate of drug-likeness (QED) is 0.184. The normalized spacial score (nSPS) is 13.6. The molecule has 0 fully saturated rings. The maximum Gasteiger partial charge on any atom is 0.322 e. The summed E-state index contributed by atoms with van der Waals surface area (Å²) in [6.45, 7) is 0.777. The third-order valence-electron chi connectivity index (χ3n) is 3.75. The van der Waals surface area contributed by atoms with Crippen molar-refractivity contribution in [2.75, 3.05) is 6.54 Å². The fourth-order valence-corrected chi connectivity index (χ4v) is 2.24. The van der Waals surface area contributed by atoms with Gasteiger partial charge < -0.3 is 37.5 Å². The number of nitrogens with two attached hydrogens (primary N) is 2. The first kappa shape index (κ1) is 23.6. The van der Waals surface area contributed by atoms with Gasteiger partial charge in [0.15, 0.2) is 0 Å². The van der Waals surface area contributed by atoms with E-state index in [-0.39, 0.29) is 19.3 Å². The van der Waals surface area contributed by atoms with Crippen molar-refractivity contribution < 1.29 is 29.1 Å². The molecule has 0 aliphatic heterocycles. The maximum absolute atomic E-state index is 12.7. The molecular formula is C16H25N7O6. The summed E-state index contributed by atoms with van der Waals surface area (Å²) in [6.07, 6.45) is 2.51. The number of amides is 4. The van der Waals surface area contributed by atoms with Gasteiger partial charge in [-0.05, 0) is 13.3 Å². The van der Waals surface area contributed by atoms with E-state index in [1.807, 2.05) is 0 Å². The Kier molecular flexibility index (Phi) is 9.25. The third-order valence-corrected chi connectivity index (χ3v) is 3.75. The van der Waals surface area contributed by atoms with Crippen molar-refractivity contribution in [3.8, 4) is 0 Å². The van der Waals surface area contributed by atoms with Gasteiger partial charge in [-0.25, -0.2) is 4.98 Å². The third kappa shape index (κ3) is 8.83. The Balaban J connectivity index is 2.92. The van der Waals surface area contributed by atoms with E-state index in [0.717, 1.165) is 0 Å². The van der Waals surface area contributed by atoms with Crippen LogP contribution in [0.15, 0.2) is 12.5 Å². The van der Waals surface area contributed by atoms with Crippen molar-refractivity contribution in [3.63, 3.8) is 0 Å². The first-order valence-electron chi connectivity index (χ1n) is 8.71. The van der Waals surface area contributed by atoms with Crippen molar-refractivity contribution >= 4 is 29.6 Å². The summed E-state index contributed by atoms with van der Waals surface area (Å²) in [7, 11) is 0. The Morgan fingerprint density at radius 2 is 1.79 bits per heavy atom. The molecule has 0 radical (unpaired) electrons. The number of carbonyl (C=O) groups excluding carboxylic acids is 4. The van der Waals surface area contributed by atoms with E-state index in [1.165, 1.54) is 19.4 Å². The average molecular weight is 411 g/mol. The minimum Gasteiger partial charge on any atom is -0.480 e. The highest BCUT2D eigenvalue weighted by Crippen LogP contribution is 2.03. The van der Waals surface area contributed by atoms with Crippen LogP contribution in [-0.2, 0) is 30.4 Å². The van der Waals surface area contributed by atoms with Gasteiger partial charge in [-0.2, -0.15) is 0 Å². The molecule has 1 aromatic heterocycles. The van der Waals surface area contributed by atoms with E-state index in [1.54, 1.807) is 0 Å². The second kappa shape index (κ2) is 11.4. The van der Waals surface area contributed by atoms with Gasteiger partial charge in [-0.1, -0.05) is 0 Å². The number of aliphatic carboxylic acids is 1. The molecule has 29 heavy (non-hydrogen) atoms. The predicted octanol–water partition coefficient (Wildman–Crippen LogP) is -3.26. The Labute approximate surface area is 166 Å². The summed E-state index contributed by atoms with van der Waals surface area (Å²) < 4.78 is 0. The molecular weight excluding hydrogens is 386 g/mol. The van der Waals surface area contributed by atoms with Gasteiger partial charge in [0.05, 0.1) is 12.4 Å². The number of imidazole rings is 1. The number of carboxylic acids is 1. The molecule has 0 aliphatic carbocycles. The van der Waals surface area contributed by atoms with Crippen molar-refractivity contribution in [2.24, 2.45) is 11.5 Å². The number of hydrogen-bond donors (Lipinski definition) is 7. The highest BCUT2D eigenvalue weighted by Gasteiger charge is 2.28. The topological polar surface area (TPSA) is 222 Å². The van der Waals surface area contributed by atoms with Crippen LogP contribution in [0.3, 0.4) is 0 Å². The highest BCUT2D eigenvalue weighted by molar-refractivity contribution is 5.94. The predicted molar refractivity (Wildman–Crippen MR) is 98.9 cm³/mol. The molecule has 9 N–H and O–H groups in total. The highest BCUT2D eigenvalue weighted by atomic mass is 16.4. The van der Waals surface area contributed by atoms with Gasteiger partial charge in [0.25, 0.3) is 0 Å². The van der Waals surface area contributed by atoms with E-state index >= 15 is 0 Å². The number of aromatic nitrogens is 2. The fourth-order valence-electron chi connectivity index (χ4n) is 2.24. The summed E-state index contributed by atoms with van der Waals surface area (Å²) in [4.78, 5) is 65.2. The molecule has 0 aliphatic rings. The molecule has 0 bridgehead atoms. The number of nitrogens with zero attached hydrogens (tertiary/aromatic N) is 1. The number of rotatable bonds is 12. The zero-order valence-electron chi connectivity index (χ0n) is 15.8. The van der Waals surface area contributed by atoms with Gasteiger partial charge in [-0.3, -0.25) is 24.0 Å². The lowest BCUT2D eigenvalue weighted by atomic mass is 10.1. The van der Waals surface area contributed by atoms with Gasteiger partial charge in [0, 0.05) is 24.7 Å². The van der Waals surface area contributed by atoms with Gasteiger partial charge in [0.1, 0.15) is 18.6 Å². The molecule has 0 saturated heterocycles. The molecule has 0 saturated carbocycles. The molecule has 3 atom stereocenters. The van der Waals surface area contributed by atoms with Crippen molar-refractivity contribution in [3.05, 3.63) is 18.2 Å². The lowest BCUT2D eigenvalue weighted by Crippen LogP contribution is -2.56. The zero-order chi connectivity index (χ0) is 22.0. The maximum atomic E-state index is 12.7. The number of hydrogen-bond acceptors (Lipinski definition) is 7. The summed E-state index contributed by atoms with van der Waals surface area (Å²) in [5, 5.41) is 15.7. The van der Waals surface area contributed by atoms with E-state index < -0.39 is 54.3 Å². The van der Waals surface area contributed by atoms with E-state index in [4.69, 9.17) is 16.6 Å². The number of nitrogens with one attached hydrogen (secondary N) is 4. The van der Waals surface area contributed by atoms with Gasteiger partial charge in [-0.15, -0.1) is 0 Å². The van der Waals surface area contributed by atoms with E-state index in [9.17, 15) is 24.0 Å². The molecule has 0 spiro atoms. The van der Waals surface area contributed by atoms with Crippen LogP contribution in [0.2, 0.25) is 0 Å². The van der Waals surface area contributed by atoms with Crippen LogP contribution < -0.4 is 27.4 Å². The van der Waals surface area contributed by atoms with Crippen LogP contribution in [0.1, 0.15) is 25.5 Å². The van der Waals surface area contributed by atoms with Crippen molar-refractivity contribution in [2.45, 2.75) is 44.3 Å². The average Bonchev–Trinajstić information content (AvgIpc) is 3.14. The Hall–Kier alpha value is -3.48. The SMILES string of the molecule is CC(N)C(=O)NC(CCC(N)=O)C(=O)NC(Cc1cnc[nH]1)C(=O)NCC(=O)O. The monoisotopic (exact) mass is 411 g/mol. The number of primary amides is 1. The molecule has 1 rings (SSSR count). The number of carbonyl (C=O) groups is 5. The van der Waals surface area contributed by atoms with Gasteiger partial charge >= 0.3 is 5.97 Å². The Morgan fingerprint density at radius 1 is 1.14 bits per heavy atom. The molecule has 13 heteroatoms. The minimum atomic E-state index is -1.26. The number of aromatic amines is 1. The Morgan fingerprint density at radius 3 is 2.31 bits per heavy atom. The van der Waals surface area contributed by atoms with E-state index in [2.05, 4.69) is 25.9 Å². The van der Waals surface area contributed by atoms with Crippen molar-refractivity contribution in [1.82, 2.24) is 25.9 Å². The van der Waals surface area contributed by atoms with Crippen molar-refractivity contribution in [1.29, 1.82) is 0 Å². The van der Waals surface area contributed by atoms with Gasteiger partial charge in [0.2, 0.25) is 23.6 Å². The summed E-state index contributed by atoms with van der Waals surface area (Å²) in [5.41, 5.74) is 11.1. The lowest BCUT2D eigenvalue weighted by Gasteiger charge is -2.23. The molecule has 13 nitrogen and oxygen atoms in total. The van der Waals surface area contributed by atoms with Crippen LogP contribution in [0.25, 0.3) is 0 Å². The number of carboxylic acid groups (broad SMARTS) is 1. The molecule has 1 heterocycles. The Bertz CT molecular complexity index is 734. The lowest BCUT2D eigenvalue weighted by molar-refractivity contribution is -0.138. The first-order chi connectivity index (χ1) is 13.6. The van der Waals surface area contributed by atoms with Crippen LogP contribution >= 0.6 is 0 Å². The second-order valence-electron chi connectivity index (χ2n) is 6.31. The number of H-pyrrole nitrogens is 1. The zero-order valence-corrected chi connectivity index (χ0v) is 15.8. The van der Waals surface area contributed by atoms with Crippen LogP contribution in [-0.4, -0.2) is 69.3 Å². The van der Waals surface area contributed by atoms with Crippen LogP contribution in [0.5, 0.6) is 0 Å². The van der Waals surface area contributed by atoms with Crippen LogP contribution in [0, 0.1) is 0 Å². The summed E-state index contributed by atoms with van der Waals surface area (Å²) >= 11 is 0. The summed E-state index contributed by atoms with van der Waals surface area (Å²) in [5.74, 6) is -4.06. The minimum absolute atomic E-state index is 0.0129. The van der Waals surface area contributed by atoms with E-state index in [0.29, 0.717) is 5.69 Å². The van der Waals surface area contributed by atoms with Crippen LogP contribution in [0.4, 0.5) is 0 Å². The molecule has 3 unspecified atom stereocenters. The second-order valence-corrected chi connectivity index (χ2v) is 6.31. The first-order valence-corrected chi connectivity index (χ1v) is 8.71. The molecule has 160 valence electrons. The molecule has 4 amide bonds. The smallest absolute Gasteiger partial charge is 0.322 e. The molecule has 1 aromatic rings. The standard InChI is InChI=1S/C16H25N7O6/c1-8(17)14(27)22-10(2-3-12(18)24)16(29)23-11(4-9-5-19-7-21-9)15(28)20-6-13(25)26/h5,7-8,10-11H,2-4,6,17H2,1H3,(H2,18,24)(H,19,21)(H,20,28)(H,22,27)(H,23,29)(H,25,26). The largest absolute Gasteiger partial charge is 0.480 e. The molecule has 0 aromatic carbocycles.